The zero-order valence-electron chi connectivity index (χ0n) is 8.15. The van der Waals surface area contributed by atoms with Crippen molar-refractivity contribution in [3.8, 4) is 11.8 Å². The Morgan fingerprint density at radius 2 is 2.19 bits per heavy atom. The third-order valence-corrected chi connectivity index (χ3v) is 3.02. The first-order valence-electron chi connectivity index (χ1n) is 4.15. The van der Waals surface area contributed by atoms with Crippen LogP contribution >= 0.6 is 10.7 Å². The van der Waals surface area contributed by atoms with Gasteiger partial charge < -0.3 is 4.74 Å². The van der Waals surface area contributed by atoms with Gasteiger partial charge in [0.05, 0.1) is 4.90 Å². The van der Waals surface area contributed by atoms with Crippen molar-refractivity contribution < 1.29 is 17.5 Å². The Bertz CT molecular complexity index is 538. The summed E-state index contributed by atoms with van der Waals surface area (Å²) in [6, 6.07) is 4.70. The van der Waals surface area contributed by atoms with Crippen molar-refractivity contribution in [2.24, 2.45) is 0 Å². The Balaban J connectivity index is 3.07. The van der Waals surface area contributed by atoms with E-state index in [2.05, 4.69) is 0 Å². The molecule has 0 spiro atoms. The van der Waals surface area contributed by atoms with E-state index in [0.717, 1.165) is 18.2 Å². The van der Waals surface area contributed by atoms with Crippen LogP contribution in [0.1, 0.15) is 6.92 Å². The summed E-state index contributed by atoms with van der Waals surface area (Å²) in [7, 11) is 1.06. The molecule has 0 amide bonds. The standard InChI is InChI=1S/C9H7ClFNO3S/c1-6(5-12)15-9-3-2-7(4-8(9)11)16(10,13)14/h2-4,6H,1H3. The van der Waals surface area contributed by atoms with Gasteiger partial charge in [-0.2, -0.15) is 5.26 Å². The molecule has 86 valence electrons. The molecular weight excluding hydrogens is 257 g/mol. The van der Waals surface area contributed by atoms with Crippen molar-refractivity contribution in [2.75, 3.05) is 0 Å². The predicted octanol–water partition coefficient (Wildman–Crippen LogP) is 2.04. The number of hydrogen-bond acceptors (Lipinski definition) is 4. The highest BCUT2D eigenvalue weighted by atomic mass is 35.7. The maximum absolute atomic E-state index is 13.3. The van der Waals surface area contributed by atoms with Crippen LogP contribution in [-0.2, 0) is 9.05 Å². The molecule has 0 saturated carbocycles. The largest absolute Gasteiger partial charge is 0.473 e. The van der Waals surface area contributed by atoms with E-state index in [-0.39, 0.29) is 10.6 Å². The number of nitrogens with zero attached hydrogens (tertiary/aromatic N) is 1. The summed E-state index contributed by atoms with van der Waals surface area (Å²) in [5, 5.41) is 8.46. The fourth-order valence-corrected chi connectivity index (χ4v) is 1.71. The molecule has 0 aromatic heterocycles. The van der Waals surface area contributed by atoms with Gasteiger partial charge in [-0.1, -0.05) is 0 Å². The molecule has 0 fully saturated rings. The summed E-state index contributed by atoms with van der Waals surface area (Å²) in [6.45, 7) is 1.44. The summed E-state index contributed by atoms with van der Waals surface area (Å²) in [5.74, 6) is -1.08. The van der Waals surface area contributed by atoms with Crippen molar-refractivity contribution in [1.29, 1.82) is 5.26 Å². The molecule has 0 radical (unpaired) electrons. The number of nitriles is 1. The molecule has 4 nitrogen and oxygen atoms in total. The first kappa shape index (κ1) is 12.7. The highest BCUT2D eigenvalue weighted by Gasteiger charge is 2.14. The third kappa shape index (κ3) is 3.08. The topological polar surface area (TPSA) is 67.2 Å². The fraction of sp³-hybridized carbons (Fsp3) is 0.222. The van der Waals surface area contributed by atoms with Gasteiger partial charge in [-0.05, 0) is 25.1 Å². The Hall–Kier alpha value is -1.32. The molecule has 7 heteroatoms. The molecule has 1 aromatic rings. The van der Waals surface area contributed by atoms with E-state index in [9.17, 15) is 12.8 Å². The average Bonchev–Trinajstić information content (AvgIpc) is 2.19. The Kier molecular flexibility index (Phi) is 3.73. The molecule has 1 rings (SSSR count). The van der Waals surface area contributed by atoms with E-state index in [0.29, 0.717) is 0 Å². The number of hydrogen-bond donors (Lipinski definition) is 0. The second-order valence-electron chi connectivity index (χ2n) is 2.92. The van der Waals surface area contributed by atoms with Gasteiger partial charge in [0.2, 0.25) is 0 Å². The van der Waals surface area contributed by atoms with Crippen LogP contribution in [0, 0.1) is 17.1 Å². The molecule has 1 atom stereocenters. The third-order valence-electron chi connectivity index (χ3n) is 1.67. The molecular formula is C9H7ClFNO3S. The van der Waals surface area contributed by atoms with Crippen LogP contribution in [0.3, 0.4) is 0 Å². The van der Waals surface area contributed by atoms with Crippen LogP contribution < -0.4 is 4.74 Å². The summed E-state index contributed by atoms with van der Waals surface area (Å²) < 4.78 is 40.0. The lowest BCUT2D eigenvalue weighted by molar-refractivity contribution is 0.262. The first-order chi connectivity index (χ1) is 7.34. The second-order valence-corrected chi connectivity index (χ2v) is 5.49. The van der Waals surface area contributed by atoms with Gasteiger partial charge in [-0.3, -0.25) is 0 Å². The summed E-state index contributed by atoms with van der Waals surface area (Å²) in [6.07, 6.45) is -0.826. The minimum Gasteiger partial charge on any atom is -0.473 e. The lowest BCUT2D eigenvalue weighted by Gasteiger charge is -2.08. The van der Waals surface area contributed by atoms with Crippen LogP contribution in [0.4, 0.5) is 4.39 Å². The van der Waals surface area contributed by atoms with E-state index in [1.807, 2.05) is 0 Å². The quantitative estimate of drug-likeness (QED) is 0.783. The predicted molar refractivity (Wildman–Crippen MR) is 55.1 cm³/mol. The van der Waals surface area contributed by atoms with Gasteiger partial charge in [0, 0.05) is 10.7 Å². The SMILES string of the molecule is CC(C#N)Oc1ccc(S(=O)(=O)Cl)cc1F. The van der Waals surface area contributed by atoms with Crippen molar-refractivity contribution in [2.45, 2.75) is 17.9 Å². The molecule has 0 N–H and O–H groups in total. The van der Waals surface area contributed by atoms with Crippen molar-refractivity contribution in [1.82, 2.24) is 0 Å². The Morgan fingerprint density at radius 1 is 1.56 bits per heavy atom. The molecule has 16 heavy (non-hydrogen) atoms. The number of halogens is 2. The van der Waals surface area contributed by atoms with Crippen molar-refractivity contribution in [3.63, 3.8) is 0 Å². The minimum atomic E-state index is -3.96. The van der Waals surface area contributed by atoms with Crippen LogP contribution in [0.2, 0.25) is 0 Å². The smallest absolute Gasteiger partial charge is 0.261 e. The highest BCUT2D eigenvalue weighted by molar-refractivity contribution is 8.13. The second kappa shape index (κ2) is 4.68. The number of ether oxygens (including phenoxy) is 1. The molecule has 1 aromatic carbocycles. The van der Waals surface area contributed by atoms with E-state index in [4.69, 9.17) is 20.7 Å². The van der Waals surface area contributed by atoms with Crippen molar-refractivity contribution >= 4 is 19.7 Å². The zero-order valence-corrected chi connectivity index (χ0v) is 9.72. The normalized spacial score (nSPS) is 12.9. The summed E-state index contributed by atoms with van der Waals surface area (Å²) in [4.78, 5) is -0.358. The molecule has 0 heterocycles. The van der Waals surface area contributed by atoms with Gasteiger partial charge in [-0.25, -0.2) is 12.8 Å². The Labute approximate surface area is 96.6 Å². The maximum atomic E-state index is 13.3. The van der Waals surface area contributed by atoms with Gasteiger partial charge >= 0.3 is 0 Å². The minimum absolute atomic E-state index is 0.196. The lowest BCUT2D eigenvalue weighted by Crippen LogP contribution is -2.09. The maximum Gasteiger partial charge on any atom is 0.261 e. The van der Waals surface area contributed by atoms with Crippen LogP contribution in [0.15, 0.2) is 23.1 Å². The van der Waals surface area contributed by atoms with E-state index in [1.54, 1.807) is 6.07 Å². The summed E-state index contributed by atoms with van der Waals surface area (Å²) >= 11 is 0. The average molecular weight is 264 g/mol. The zero-order chi connectivity index (χ0) is 12.3. The van der Waals surface area contributed by atoms with E-state index in [1.165, 1.54) is 6.92 Å². The molecule has 0 bridgehead atoms. The van der Waals surface area contributed by atoms with Crippen molar-refractivity contribution in [3.05, 3.63) is 24.0 Å². The van der Waals surface area contributed by atoms with Gasteiger partial charge in [0.1, 0.15) is 6.07 Å². The summed E-state index contributed by atoms with van der Waals surface area (Å²) in [5.41, 5.74) is 0. The Morgan fingerprint density at radius 3 is 2.62 bits per heavy atom. The van der Waals surface area contributed by atoms with Crippen LogP contribution in [0.25, 0.3) is 0 Å². The fourth-order valence-electron chi connectivity index (χ4n) is 0.946. The molecule has 0 aliphatic carbocycles. The number of rotatable bonds is 3. The monoisotopic (exact) mass is 263 g/mol. The lowest BCUT2D eigenvalue weighted by atomic mass is 10.3. The van der Waals surface area contributed by atoms with E-state index < -0.39 is 21.0 Å². The molecule has 0 aliphatic rings. The highest BCUT2D eigenvalue weighted by Crippen LogP contribution is 2.23. The van der Waals surface area contributed by atoms with Crippen LogP contribution in [0.5, 0.6) is 5.75 Å². The van der Waals surface area contributed by atoms with Gasteiger partial charge in [0.15, 0.2) is 17.7 Å². The number of benzene rings is 1. The van der Waals surface area contributed by atoms with Crippen LogP contribution in [-0.4, -0.2) is 14.5 Å². The molecule has 0 saturated heterocycles. The molecule has 0 aliphatic heterocycles. The molecule has 1 unspecified atom stereocenters. The van der Waals surface area contributed by atoms with Gasteiger partial charge in [0.25, 0.3) is 9.05 Å². The van der Waals surface area contributed by atoms with Gasteiger partial charge in [-0.15, -0.1) is 0 Å². The first-order valence-corrected chi connectivity index (χ1v) is 6.46. The van der Waals surface area contributed by atoms with E-state index >= 15 is 0 Å².